The molecular formula is C19H17N. The summed E-state index contributed by atoms with van der Waals surface area (Å²) in [6, 6.07) is 19.7. The van der Waals surface area contributed by atoms with Crippen LogP contribution in [-0.4, -0.2) is 0 Å². The quantitative estimate of drug-likeness (QED) is 0.489. The first-order valence-corrected chi connectivity index (χ1v) is 7.01. The van der Waals surface area contributed by atoms with Gasteiger partial charge in [-0.2, -0.15) is 0 Å². The van der Waals surface area contributed by atoms with Gasteiger partial charge in [0.1, 0.15) is 0 Å². The first-order valence-electron chi connectivity index (χ1n) is 7.01. The minimum Gasteiger partial charge on any atom is -0.322 e. The van der Waals surface area contributed by atoms with Crippen molar-refractivity contribution in [3.63, 3.8) is 0 Å². The van der Waals surface area contributed by atoms with Crippen molar-refractivity contribution in [2.75, 3.05) is 0 Å². The number of hydrogen-bond acceptors (Lipinski definition) is 1. The molecule has 0 spiro atoms. The Balaban J connectivity index is 2.32. The Labute approximate surface area is 118 Å². The Bertz CT molecular complexity index is 913. The lowest BCUT2D eigenvalue weighted by Gasteiger charge is -2.23. The minimum atomic E-state index is -0.331. The van der Waals surface area contributed by atoms with Crippen LogP contribution in [0, 0.1) is 0 Å². The SMILES string of the molecule is CC(C)(N)c1ccc2ccc3cccc4ccc1c2c34. The van der Waals surface area contributed by atoms with E-state index in [1.807, 2.05) is 0 Å². The fraction of sp³-hybridized carbons (Fsp3) is 0.158. The van der Waals surface area contributed by atoms with Gasteiger partial charge in [0.25, 0.3) is 0 Å². The van der Waals surface area contributed by atoms with Crippen molar-refractivity contribution in [2.24, 2.45) is 5.73 Å². The average Bonchev–Trinajstić information content (AvgIpc) is 2.43. The second kappa shape index (κ2) is 3.71. The summed E-state index contributed by atoms with van der Waals surface area (Å²) in [6.07, 6.45) is 0. The Morgan fingerprint density at radius 2 is 1.25 bits per heavy atom. The maximum Gasteiger partial charge on any atom is 0.0358 e. The average molecular weight is 259 g/mol. The number of benzene rings is 4. The fourth-order valence-corrected chi connectivity index (χ4v) is 3.30. The number of rotatable bonds is 1. The monoisotopic (exact) mass is 259 g/mol. The number of nitrogens with two attached hydrogens (primary N) is 1. The Morgan fingerprint density at radius 1 is 0.700 bits per heavy atom. The van der Waals surface area contributed by atoms with Crippen molar-refractivity contribution in [3.8, 4) is 0 Å². The molecule has 0 aliphatic rings. The number of hydrogen-bond donors (Lipinski definition) is 1. The van der Waals surface area contributed by atoms with Gasteiger partial charge in [-0.05, 0) is 51.7 Å². The van der Waals surface area contributed by atoms with Crippen molar-refractivity contribution < 1.29 is 0 Å². The highest BCUT2D eigenvalue weighted by Gasteiger charge is 2.19. The van der Waals surface area contributed by atoms with Gasteiger partial charge in [-0.15, -0.1) is 0 Å². The van der Waals surface area contributed by atoms with E-state index in [-0.39, 0.29) is 5.54 Å². The van der Waals surface area contributed by atoms with Gasteiger partial charge in [-0.25, -0.2) is 0 Å². The predicted molar refractivity (Wildman–Crippen MR) is 87.4 cm³/mol. The smallest absolute Gasteiger partial charge is 0.0358 e. The molecule has 98 valence electrons. The van der Waals surface area contributed by atoms with Crippen molar-refractivity contribution >= 4 is 32.3 Å². The molecule has 4 aromatic rings. The predicted octanol–water partition coefficient (Wildman–Crippen LogP) is 4.78. The Morgan fingerprint density at radius 3 is 1.90 bits per heavy atom. The summed E-state index contributed by atoms with van der Waals surface area (Å²) in [5.41, 5.74) is 7.24. The van der Waals surface area contributed by atoms with Gasteiger partial charge in [-0.1, -0.05) is 54.6 Å². The summed E-state index contributed by atoms with van der Waals surface area (Å²) in [6.45, 7) is 4.14. The van der Waals surface area contributed by atoms with E-state index in [0.29, 0.717) is 0 Å². The summed E-state index contributed by atoms with van der Waals surface area (Å²) in [5.74, 6) is 0. The van der Waals surface area contributed by atoms with E-state index in [1.54, 1.807) is 0 Å². The highest BCUT2D eigenvalue weighted by molar-refractivity contribution is 6.23. The molecule has 4 rings (SSSR count). The highest BCUT2D eigenvalue weighted by Crippen LogP contribution is 2.37. The molecule has 2 N–H and O–H groups in total. The van der Waals surface area contributed by atoms with E-state index in [1.165, 1.54) is 37.9 Å². The summed E-state index contributed by atoms with van der Waals surface area (Å²) in [5, 5.41) is 7.86. The van der Waals surface area contributed by atoms with E-state index in [2.05, 4.69) is 68.4 Å². The summed E-state index contributed by atoms with van der Waals surface area (Å²) in [7, 11) is 0. The highest BCUT2D eigenvalue weighted by atomic mass is 14.7. The van der Waals surface area contributed by atoms with Crippen LogP contribution in [0.5, 0.6) is 0 Å². The third-order valence-corrected chi connectivity index (χ3v) is 4.22. The Kier molecular flexibility index (Phi) is 2.17. The lowest BCUT2D eigenvalue weighted by Crippen LogP contribution is -2.28. The third kappa shape index (κ3) is 1.47. The molecule has 0 amide bonds. The van der Waals surface area contributed by atoms with E-state index in [0.717, 1.165) is 0 Å². The normalized spacial score (nSPS) is 12.8. The molecule has 1 heteroatoms. The molecule has 0 unspecified atom stereocenters. The molecule has 0 bridgehead atoms. The largest absolute Gasteiger partial charge is 0.322 e. The summed E-state index contributed by atoms with van der Waals surface area (Å²) < 4.78 is 0. The van der Waals surface area contributed by atoms with Crippen LogP contribution in [-0.2, 0) is 5.54 Å². The zero-order valence-electron chi connectivity index (χ0n) is 11.8. The standard InChI is InChI=1S/C19H17N/c1-19(2,20)16-11-9-14-7-6-12-4-3-5-13-8-10-15(16)18(14)17(12)13/h3-11H,20H2,1-2H3. The molecule has 0 radical (unpaired) electrons. The molecule has 4 aromatic carbocycles. The van der Waals surface area contributed by atoms with Gasteiger partial charge >= 0.3 is 0 Å². The maximum absolute atomic E-state index is 6.36. The molecule has 1 nitrogen and oxygen atoms in total. The molecule has 0 heterocycles. The lowest BCUT2D eigenvalue weighted by atomic mass is 9.86. The summed E-state index contributed by atoms with van der Waals surface area (Å²) >= 11 is 0. The first-order chi connectivity index (χ1) is 9.55. The van der Waals surface area contributed by atoms with Crippen molar-refractivity contribution in [2.45, 2.75) is 19.4 Å². The van der Waals surface area contributed by atoms with Gasteiger partial charge in [-0.3, -0.25) is 0 Å². The lowest BCUT2D eigenvalue weighted by molar-refractivity contribution is 0.560. The van der Waals surface area contributed by atoms with Gasteiger partial charge < -0.3 is 5.73 Å². The molecule has 0 saturated heterocycles. The summed E-state index contributed by atoms with van der Waals surface area (Å²) in [4.78, 5) is 0. The van der Waals surface area contributed by atoms with Crippen LogP contribution in [0.4, 0.5) is 0 Å². The third-order valence-electron chi connectivity index (χ3n) is 4.22. The van der Waals surface area contributed by atoms with Crippen LogP contribution in [0.1, 0.15) is 19.4 Å². The van der Waals surface area contributed by atoms with Crippen LogP contribution in [0.2, 0.25) is 0 Å². The van der Waals surface area contributed by atoms with Crippen LogP contribution in [0.25, 0.3) is 32.3 Å². The second-order valence-corrected chi connectivity index (χ2v) is 6.19. The van der Waals surface area contributed by atoms with Crippen LogP contribution in [0.15, 0.2) is 54.6 Å². The van der Waals surface area contributed by atoms with E-state index >= 15 is 0 Å². The van der Waals surface area contributed by atoms with E-state index in [4.69, 9.17) is 5.73 Å². The molecule has 0 saturated carbocycles. The molecule has 0 fully saturated rings. The van der Waals surface area contributed by atoms with Crippen LogP contribution < -0.4 is 5.73 Å². The zero-order valence-corrected chi connectivity index (χ0v) is 11.8. The van der Waals surface area contributed by atoms with Crippen molar-refractivity contribution in [1.29, 1.82) is 0 Å². The van der Waals surface area contributed by atoms with Crippen molar-refractivity contribution in [3.05, 3.63) is 60.2 Å². The molecule has 0 aliphatic heterocycles. The van der Waals surface area contributed by atoms with Gasteiger partial charge in [0.15, 0.2) is 0 Å². The van der Waals surface area contributed by atoms with Gasteiger partial charge in [0.05, 0.1) is 0 Å². The van der Waals surface area contributed by atoms with Crippen molar-refractivity contribution in [1.82, 2.24) is 0 Å². The molecule has 0 aromatic heterocycles. The first kappa shape index (κ1) is 11.7. The Hall–Kier alpha value is -2.12. The van der Waals surface area contributed by atoms with E-state index < -0.39 is 0 Å². The van der Waals surface area contributed by atoms with Crippen LogP contribution >= 0.6 is 0 Å². The fourth-order valence-electron chi connectivity index (χ4n) is 3.30. The molecule has 20 heavy (non-hydrogen) atoms. The zero-order chi connectivity index (χ0) is 13.9. The molecule has 0 aliphatic carbocycles. The topological polar surface area (TPSA) is 26.0 Å². The second-order valence-electron chi connectivity index (χ2n) is 6.19. The molecule has 0 atom stereocenters. The van der Waals surface area contributed by atoms with Gasteiger partial charge in [0, 0.05) is 5.54 Å². The van der Waals surface area contributed by atoms with E-state index in [9.17, 15) is 0 Å². The van der Waals surface area contributed by atoms with Gasteiger partial charge in [0.2, 0.25) is 0 Å². The minimum absolute atomic E-state index is 0.331. The van der Waals surface area contributed by atoms with Crippen LogP contribution in [0.3, 0.4) is 0 Å². The maximum atomic E-state index is 6.36. The molecular weight excluding hydrogens is 242 g/mol.